The minimum atomic E-state index is -0.462. The van der Waals surface area contributed by atoms with Crippen LogP contribution in [0.15, 0.2) is 39.3 Å². The van der Waals surface area contributed by atoms with Crippen LogP contribution in [0.1, 0.15) is 28.3 Å². The Balaban J connectivity index is 2.13. The van der Waals surface area contributed by atoms with Gasteiger partial charge in [-0.1, -0.05) is 44.8 Å². The van der Waals surface area contributed by atoms with Gasteiger partial charge in [-0.25, -0.2) is 0 Å². The monoisotopic (exact) mass is 388 g/mol. The molecule has 1 aromatic carbocycles. The molecule has 0 radical (unpaired) electrons. The number of hydrogen-bond acceptors (Lipinski definition) is 2. The second-order valence-corrected chi connectivity index (χ2v) is 7.13. The molecule has 2 rings (SSSR count). The third-order valence-electron chi connectivity index (χ3n) is 2.78. The molecule has 1 aromatic heterocycles. The highest BCUT2D eigenvalue weighted by molar-refractivity contribution is 9.11. The Kier molecular flexibility index (Phi) is 5.01. The van der Waals surface area contributed by atoms with Gasteiger partial charge in [0.15, 0.2) is 0 Å². The lowest BCUT2D eigenvalue weighted by Gasteiger charge is -2.12. The molecule has 18 heavy (non-hydrogen) atoms. The summed E-state index contributed by atoms with van der Waals surface area (Å²) >= 11 is 8.69. The number of benzene rings is 1. The van der Waals surface area contributed by atoms with Crippen LogP contribution in [0.25, 0.3) is 0 Å². The number of aryl methyl sites for hydroxylation is 1. The molecule has 0 saturated heterocycles. The van der Waals surface area contributed by atoms with Crippen molar-refractivity contribution in [3.63, 3.8) is 0 Å². The fourth-order valence-electron chi connectivity index (χ4n) is 1.79. The van der Waals surface area contributed by atoms with Gasteiger partial charge in [-0.2, -0.15) is 0 Å². The normalized spacial score (nSPS) is 12.7. The summed E-state index contributed by atoms with van der Waals surface area (Å²) in [5.41, 5.74) is 0.935. The molecule has 96 valence electrons. The van der Waals surface area contributed by atoms with E-state index >= 15 is 0 Å². The summed E-state index contributed by atoms with van der Waals surface area (Å²) in [6, 6.07) is 10.1. The number of hydrogen-bond donors (Lipinski definition) is 1. The summed E-state index contributed by atoms with van der Waals surface area (Å²) < 4.78 is 1.95. The minimum Gasteiger partial charge on any atom is -0.388 e. The summed E-state index contributed by atoms with van der Waals surface area (Å²) in [6.45, 7) is 2.15. The second-order valence-electron chi connectivity index (χ2n) is 4.11. The molecule has 1 heterocycles. The van der Waals surface area contributed by atoms with Crippen LogP contribution in [-0.2, 0) is 12.8 Å². The molecular formula is C14H14Br2OS. The van der Waals surface area contributed by atoms with Gasteiger partial charge < -0.3 is 5.11 Å². The molecule has 0 fully saturated rings. The van der Waals surface area contributed by atoms with Crippen molar-refractivity contribution in [2.45, 2.75) is 25.9 Å². The van der Waals surface area contributed by atoms with Crippen molar-refractivity contribution in [3.05, 3.63) is 54.6 Å². The molecule has 4 heteroatoms. The zero-order valence-electron chi connectivity index (χ0n) is 9.99. The van der Waals surface area contributed by atoms with E-state index in [2.05, 4.69) is 50.9 Å². The molecule has 0 amide bonds. The third-order valence-corrected chi connectivity index (χ3v) is 5.21. The van der Waals surface area contributed by atoms with Gasteiger partial charge in [0.2, 0.25) is 0 Å². The van der Waals surface area contributed by atoms with Gasteiger partial charge in [0.25, 0.3) is 0 Å². The van der Waals surface area contributed by atoms with Crippen molar-refractivity contribution in [3.8, 4) is 0 Å². The lowest BCUT2D eigenvalue weighted by atomic mass is 10.1. The highest BCUT2D eigenvalue weighted by Gasteiger charge is 2.13. The molecule has 1 unspecified atom stereocenters. The van der Waals surface area contributed by atoms with Gasteiger partial charge in [0.05, 0.1) is 6.10 Å². The van der Waals surface area contributed by atoms with Crippen molar-refractivity contribution in [2.75, 3.05) is 0 Å². The van der Waals surface area contributed by atoms with Gasteiger partial charge in [-0.3, -0.25) is 0 Å². The molecule has 0 spiro atoms. The first kappa shape index (κ1) is 14.3. The zero-order valence-corrected chi connectivity index (χ0v) is 14.0. The van der Waals surface area contributed by atoms with E-state index in [4.69, 9.17) is 0 Å². The average Bonchev–Trinajstić information content (AvgIpc) is 2.76. The van der Waals surface area contributed by atoms with E-state index in [-0.39, 0.29) is 0 Å². The van der Waals surface area contributed by atoms with E-state index < -0.39 is 6.10 Å². The predicted octanol–water partition coefficient (Wildman–Crippen LogP) is 5.11. The van der Waals surface area contributed by atoms with Crippen LogP contribution < -0.4 is 0 Å². The van der Waals surface area contributed by atoms with Crippen LogP contribution in [0.4, 0.5) is 0 Å². The first-order valence-corrected chi connectivity index (χ1v) is 8.21. The molecule has 0 saturated carbocycles. The van der Waals surface area contributed by atoms with Gasteiger partial charge in [-0.05, 0) is 36.2 Å². The van der Waals surface area contributed by atoms with Crippen LogP contribution in [0.2, 0.25) is 0 Å². The molecule has 1 nitrogen and oxygen atoms in total. The summed E-state index contributed by atoms with van der Waals surface area (Å²) in [5, 5.41) is 10.3. The number of aliphatic hydroxyl groups is 1. The van der Waals surface area contributed by atoms with Gasteiger partial charge in [0.1, 0.15) is 0 Å². The van der Waals surface area contributed by atoms with Crippen molar-refractivity contribution in [2.24, 2.45) is 0 Å². The fourth-order valence-corrected chi connectivity index (χ4v) is 4.10. The summed E-state index contributed by atoms with van der Waals surface area (Å²) in [4.78, 5) is 2.60. The van der Waals surface area contributed by atoms with Crippen molar-refractivity contribution in [1.29, 1.82) is 0 Å². The van der Waals surface area contributed by atoms with Gasteiger partial charge in [0, 0.05) is 25.1 Å². The van der Waals surface area contributed by atoms with Crippen LogP contribution in [-0.4, -0.2) is 5.11 Å². The Morgan fingerprint density at radius 2 is 1.89 bits per heavy atom. The highest BCUT2D eigenvalue weighted by atomic mass is 79.9. The van der Waals surface area contributed by atoms with Gasteiger partial charge >= 0.3 is 0 Å². The maximum Gasteiger partial charge on any atom is 0.0849 e. The fraction of sp³-hybridized carbons (Fsp3) is 0.286. The smallest absolute Gasteiger partial charge is 0.0849 e. The Morgan fingerprint density at radius 3 is 2.50 bits per heavy atom. The molecule has 1 N–H and O–H groups in total. The molecule has 0 aliphatic rings. The lowest BCUT2D eigenvalue weighted by Crippen LogP contribution is -2.01. The van der Waals surface area contributed by atoms with Gasteiger partial charge in [-0.15, -0.1) is 11.3 Å². The van der Waals surface area contributed by atoms with Crippen LogP contribution in [0.3, 0.4) is 0 Å². The molecule has 0 aliphatic heterocycles. The molecule has 1 atom stereocenters. The standard InChI is InChI=1S/C14H14Br2OS/c1-2-10-4-5-11(18-10)8-14(17)12-6-3-9(15)7-13(12)16/h3-7,14,17H,2,8H2,1H3. The van der Waals surface area contributed by atoms with E-state index in [1.165, 1.54) is 9.75 Å². The van der Waals surface area contributed by atoms with Crippen LogP contribution in [0.5, 0.6) is 0 Å². The Morgan fingerprint density at radius 1 is 1.17 bits per heavy atom. The molecule has 0 bridgehead atoms. The Hall–Kier alpha value is -0.160. The molecule has 0 aliphatic carbocycles. The second kappa shape index (κ2) is 6.33. The van der Waals surface area contributed by atoms with E-state index in [9.17, 15) is 5.11 Å². The third kappa shape index (κ3) is 3.44. The van der Waals surface area contributed by atoms with E-state index in [1.807, 2.05) is 18.2 Å². The summed E-state index contributed by atoms with van der Waals surface area (Å²) in [7, 11) is 0. The number of rotatable bonds is 4. The number of halogens is 2. The maximum absolute atomic E-state index is 10.3. The topological polar surface area (TPSA) is 20.2 Å². The molecular weight excluding hydrogens is 376 g/mol. The lowest BCUT2D eigenvalue weighted by molar-refractivity contribution is 0.178. The van der Waals surface area contributed by atoms with Crippen molar-refractivity contribution in [1.82, 2.24) is 0 Å². The Labute approximate surface area is 128 Å². The number of aliphatic hydroxyl groups excluding tert-OH is 1. The Bertz CT molecular complexity index is 536. The minimum absolute atomic E-state index is 0.462. The van der Waals surface area contributed by atoms with E-state index in [0.717, 1.165) is 20.9 Å². The maximum atomic E-state index is 10.3. The largest absolute Gasteiger partial charge is 0.388 e. The zero-order chi connectivity index (χ0) is 13.1. The van der Waals surface area contributed by atoms with Crippen molar-refractivity contribution < 1.29 is 5.11 Å². The van der Waals surface area contributed by atoms with E-state index in [1.54, 1.807) is 11.3 Å². The quantitative estimate of drug-likeness (QED) is 0.769. The molecule has 2 aromatic rings. The first-order valence-electron chi connectivity index (χ1n) is 5.80. The predicted molar refractivity (Wildman–Crippen MR) is 84.2 cm³/mol. The first-order chi connectivity index (χ1) is 8.60. The van der Waals surface area contributed by atoms with Crippen LogP contribution in [0, 0.1) is 0 Å². The van der Waals surface area contributed by atoms with E-state index in [0.29, 0.717) is 6.42 Å². The summed E-state index contributed by atoms with van der Waals surface area (Å²) in [6.07, 6.45) is 1.27. The van der Waals surface area contributed by atoms with Crippen molar-refractivity contribution >= 4 is 43.2 Å². The summed E-state index contributed by atoms with van der Waals surface area (Å²) in [5.74, 6) is 0. The highest BCUT2D eigenvalue weighted by Crippen LogP contribution is 2.30. The average molecular weight is 390 g/mol. The van der Waals surface area contributed by atoms with Crippen LogP contribution >= 0.6 is 43.2 Å². The number of thiophene rings is 1. The SMILES string of the molecule is CCc1ccc(CC(O)c2ccc(Br)cc2Br)s1.